The van der Waals surface area contributed by atoms with Crippen LogP contribution < -0.4 is 10.2 Å². The Morgan fingerprint density at radius 3 is 2.47 bits per heavy atom. The molecule has 3 aromatic rings. The van der Waals surface area contributed by atoms with E-state index in [1.54, 1.807) is 24.4 Å². The number of amides is 1. The second kappa shape index (κ2) is 8.75. The van der Waals surface area contributed by atoms with Crippen molar-refractivity contribution in [1.29, 1.82) is 0 Å². The predicted octanol–water partition coefficient (Wildman–Crippen LogP) is 3.54. The molecule has 4 rings (SSSR count). The van der Waals surface area contributed by atoms with E-state index in [-0.39, 0.29) is 11.3 Å². The van der Waals surface area contributed by atoms with Gasteiger partial charge in [0.1, 0.15) is 0 Å². The number of hydrogen-bond donors (Lipinski definition) is 2. The van der Waals surface area contributed by atoms with Crippen molar-refractivity contribution in [2.75, 3.05) is 36.5 Å². The molecule has 0 radical (unpaired) electrons. The number of morpholine rings is 1. The molecule has 1 amide bonds. The Morgan fingerprint density at radius 1 is 0.967 bits per heavy atom. The molecule has 1 fully saturated rings. The smallest absolute Gasteiger partial charge is 0.337 e. The van der Waals surface area contributed by atoms with Gasteiger partial charge in [-0.2, -0.15) is 0 Å². The average Bonchev–Trinajstić information content (AvgIpc) is 2.80. The number of pyridine rings is 1. The lowest BCUT2D eigenvalue weighted by molar-refractivity contribution is 0.0698. The molecule has 30 heavy (non-hydrogen) atoms. The van der Waals surface area contributed by atoms with Crippen molar-refractivity contribution in [2.45, 2.75) is 0 Å². The third-order valence-electron chi connectivity index (χ3n) is 4.97. The summed E-state index contributed by atoms with van der Waals surface area (Å²) in [7, 11) is 0. The first kappa shape index (κ1) is 19.6. The molecule has 2 heterocycles. The molecule has 0 atom stereocenters. The fraction of sp³-hybridized carbons (Fsp3) is 0.174. The Balaban J connectivity index is 1.61. The summed E-state index contributed by atoms with van der Waals surface area (Å²) in [5.41, 5.74) is 3.23. The third kappa shape index (κ3) is 4.31. The lowest BCUT2D eigenvalue weighted by Crippen LogP contribution is -2.36. The number of benzene rings is 2. The van der Waals surface area contributed by atoms with Crippen molar-refractivity contribution in [1.82, 2.24) is 4.98 Å². The number of ether oxygens (including phenoxy) is 1. The quantitative estimate of drug-likeness (QED) is 0.677. The predicted molar refractivity (Wildman–Crippen MR) is 114 cm³/mol. The Hall–Kier alpha value is -3.71. The topological polar surface area (TPSA) is 91.8 Å². The van der Waals surface area contributed by atoms with Crippen LogP contribution in [-0.4, -0.2) is 48.3 Å². The number of aromatic carboxylic acids is 1. The summed E-state index contributed by atoms with van der Waals surface area (Å²) in [4.78, 5) is 30.8. The van der Waals surface area contributed by atoms with Crippen LogP contribution in [0.3, 0.4) is 0 Å². The van der Waals surface area contributed by atoms with Gasteiger partial charge in [0.05, 0.1) is 30.0 Å². The maximum Gasteiger partial charge on any atom is 0.337 e. The van der Waals surface area contributed by atoms with Gasteiger partial charge in [0, 0.05) is 36.7 Å². The van der Waals surface area contributed by atoms with Gasteiger partial charge in [0.25, 0.3) is 5.91 Å². The SMILES string of the molecule is O=C(Nc1cc(N2CCOCC2)ccc1C(=O)O)c1cncc(-c2ccccc2)c1. The zero-order chi connectivity index (χ0) is 20.9. The summed E-state index contributed by atoms with van der Waals surface area (Å²) in [6.07, 6.45) is 3.15. The van der Waals surface area contributed by atoms with E-state index in [2.05, 4.69) is 15.2 Å². The van der Waals surface area contributed by atoms with E-state index < -0.39 is 11.9 Å². The molecule has 0 saturated carbocycles. The number of carboxylic acid groups (broad SMARTS) is 1. The van der Waals surface area contributed by atoms with Gasteiger partial charge in [0.2, 0.25) is 0 Å². The van der Waals surface area contributed by atoms with Crippen molar-refractivity contribution >= 4 is 23.3 Å². The first-order chi connectivity index (χ1) is 14.6. The second-order valence-electron chi connectivity index (χ2n) is 6.92. The number of carboxylic acids is 1. The number of carbonyl (C=O) groups excluding carboxylic acids is 1. The van der Waals surface area contributed by atoms with E-state index >= 15 is 0 Å². The average molecular weight is 403 g/mol. The standard InChI is InChI=1S/C23H21N3O4/c27-22(18-12-17(14-24-15-18)16-4-2-1-3-5-16)25-21-13-19(6-7-20(21)23(28)29)26-8-10-30-11-9-26/h1-7,12-15H,8-11H2,(H,25,27)(H,28,29). The van der Waals surface area contributed by atoms with Crippen LogP contribution in [0.15, 0.2) is 67.0 Å². The number of hydrogen-bond acceptors (Lipinski definition) is 5. The zero-order valence-electron chi connectivity index (χ0n) is 16.2. The molecule has 2 N–H and O–H groups in total. The number of carbonyl (C=O) groups is 2. The molecule has 1 aliphatic rings. The highest BCUT2D eigenvalue weighted by Gasteiger charge is 2.18. The van der Waals surface area contributed by atoms with E-state index in [0.29, 0.717) is 31.9 Å². The van der Waals surface area contributed by atoms with Crippen molar-refractivity contribution in [3.63, 3.8) is 0 Å². The Kier molecular flexibility index (Phi) is 5.72. The lowest BCUT2D eigenvalue weighted by Gasteiger charge is -2.29. The first-order valence-corrected chi connectivity index (χ1v) is 9.64. The van der Waals surface area contributed by atoms with Crippen LogP contribution in [-0.2, 0) is 4.74 Å². The zero-order valence-corrected chi connectivity index (χ0v) is 16.2. The van der Waals surface area contributed by atoms with E-state index in [0.717, 1.165) is 16.8 Å². The molecular formula is C23H21N3O4. The lowest BCUT2D eigenvalue weighted by atomic mass is 10.1. The van der Waals surface area contributed by atoms with E-state index in [4.69, 9.17) is 4.74 Å². The van der Waals surface area contributed by atoms with Gasteiger partial charge in [-0.15, -0.1) is 0 Å². The van der Waals surface area contributed by atoms with Crippen LogP contribution in [0.1, 0.15) is 20.7 Å². The van der Waals surface area contributed by atoms with Gasteiger partial charge >= 0.3 is 5.97 Å². The molecule has 7 heteroatoms. The van der Waals surface area contributed by atoms with Crippen LogP contribution >= 0.6 is 0 Å². The summed E-state index contributed by atoms with van der Waals surface area (Å²) in [5.74, 6) is -1.52. The molecule has 7 nitrogen and oxygen atoms in total. The maximum absolute atomic E-state index is 12.9. The first-order valence-electron chi connectivity index (χ1n) is 9.64. The summed E-state index contributed by atoms with van der Waals surface area (Å²) < 4.78 is 5.37. The van der Waals surface area contributed by atoms with Gasteiger partial charge in [-0.3, -0.25) is 9.78 Å². The van der Waals surface area contributed by atoms with Crippen LogP contribution in [0.4, 0.5) is 11.4 Å². The molecule has 0 bridgehead atoms. The molecule has 1 aromatic heterocycles. The fourth-order valence-electron chi connectivity index (χ4n) is 3.39. The molecule has 0 spiro atoms. The molecule has 0 unspecified atom stereocenters. The molecule has 1 aliphatic heterocycles. The Bertz CT molecular complexity index is 1060. The van der Waals surface area contributed by atoms with Crippen LogP contribution in [0.2, 0.25) is 0 Å². The van der Waals surface area contributed by atoms with Gasteiger partial charge in [-0.05, 0) is 29.8 Å². The molecule has 152 valence electrons. The molecule has 2 aromatic carbocycles. The van der Waals surface area contributed by atoms with Crippen molar-refractivity contribution in [2.24, 2.45) is 0 Å². The van der Waals surface area contributed by atoms with Gasteiger partial charge in [-0.1, -0.05) is 30.3 Å². The van der Waals surface area contributed by atoms with Gasteiger partial charge in [0.15, 0.2) is 0 Å². The van der Waals surface area contributed by atoms with Gasteiger partial charge in [-0.25, -0.2) is 4.79 Å². The summed E-state index contributed by atoms with van der Waals surface area (Å²) in [6, 6.07) is 16.3. The Labute approximate surface area is 173 Å². The van der Waals surface area contributed by atoms with E-state index in [1.807, 2.05) is 30.3 Å². The van der Waals surface area contributed by atoms with Crippen LogP contribution in [0.5, 0.6) is 0 Å². The molecular weight excluding hydrogens is 382 g/mol. The number of aromatic nitrogens is 1. The maximum atomic E-state index is 12.9. The highest BCUT2D eigenvalue weighted by Crippen LogP contribution is 2.26. The minimum absolute atomic E-state index is 0.0348. The van der Waals surface area contributed by atoms with Gasteiger partial charge < -0.3 is 20.1 Å². The fourth-order valence-corrected chi connectivity index (χ4v) is 3.39. The van der Waals surface area contributed by atoms with Crippen molar-refractivity contribution in [3.8, 4) is 11.1 Å². The second-order valence-corrected chi connectivity index (χ2v) is 6.92. The third-order valence-corrected chi connectivity index (χ3v) is 4.97. The van der Waals surface area contributed by atoms with E-state index in [9.17, 15) is 14.7 Å². The number of nitrogens with zero attached hydrogens (tertiary/aromatic N) is 2. The van der Waals surface area contributed by atoms with Crippen LogP contribution in [0, 0.1) is 0 Å². The monoisotopic (exact) mass is 403 g/mol. The summed E-state index contributed by atoms with van der Waals surface area (Å²) in [5, 5.41) is 12.3. The van der Waals surface area contributed by atoms with Crippen molar-refractivity contribution < 1.29 is 19.4 Å². The summed E-state index contributed by atoms with van der Waals surface area (Å²) in [6.45, 7) is 2.65. The highest BCUT2D eigenvalue weighted by atomic mass is 16.5. The Morgan fingerprint density at radius 2 is 1.73 bits per heavy atom. The molecule has 0 aliphatic carbocycles. The number of nitrogens with one attached hydrogen (secondary N) is 1. The van der Waals surface area contributed by atoms with E-state index in [1.165, 1.54) is 12.3 Å². The largest absolute Gasteiger partial charge is 0.478 e. The van der Waals surface area contributed by atoms with Crippen molar-refractivity contribution in [3.05, 3.63) is 78.1 Å². The minimum Gasteiger partial charge on any atom is -0.478 e. The summed E-state index contributed by atoms with van der Waals surface area (Å²) >= 11 is 0. The normalized spacial score (nSPS) is 13.7. The highest BCUT2D eigenvalue weighted by molar-refractivity contribution is 6.08. The number of anilines is 2. The van der Waals surface area contributed by atoms with Crippen LogP contribution in [0.25, 0.3) is 11.1 Å². The molecule has 1 saturated heterocycles. The number of rotatable bonds is 5. The minimum atomic E-state index is -1.10.